The molecule has 0 bridgehead atoms. The Morgan fingerprint density at radius 2 is 2.47 bits per heavy atom. The molecule has 0 spiro atoms. The Morgan fingerprint density at radius 3 is 3.07 bits per heavy atom. The van der Waals surface area contributed by atoms with Gasteiger partial charge in [-0.25, -0.2) is 9.78 Å². The van der Waals surface area contributed by atoms with Crippen molar-refractivity contribution < 1.29 is 18.9 Å². The minimum Gasteiger partial charge on any atom is -0.461 e. The van der Waals surface area contributed by atoms with Crippen LogP contribution in [0, 0.1) is 10.1 Å². The maximum atomic E-state index is 11.1. The number of oxazole rings is 1. The highest BCUT2D eigenvalue weighted by atomic mass is 16.6. The van der Waals surface area contributed by atoms with Gasteiger partial charge in [-0.15, -0.1) is 0 Å². The monoisotopic (exact) mass is 214 g/mol. The highest BCUT2D eigenvalue weighted by molar-refractivity contribution is 5.86. The van der Waals surface area contributed by atoms with Crippen LogP contribution in [0.25, 0.3) is 0 Å². The molecule has 1 heterocycles. The maximum absolute atomic E-state index is 11.1. The molecule has 7 heteroatoms. The molecule has 1 aromatic rings. The van der Waals surface area contributed by atoms with Crippen LogP contribution in [0.5, 0.6) is 0 Å². The average molecular weight is 214 g/mol. The van der Waals surface area contributed by atoms with Crippen LogP contribution in [-0.2, 0) is 11.2 Å². The molecule has 0 aromatic carbocycles. The van der Waals surface area contributed by atoms with E-state index in [0.717, 1.165) is 6.26 Å². The van der Waals surface area contributed by atoms with Crippen molar-refractivity contribution in [3.05, 3.63) is 28.0 Å². The summed E-state index contributed by atoms with van der Waals surface area (Å²) >= 11 is 0. The van der Waals surface area contributed by atoms with Crippen LogP contribution in [0.2, 0.25) is 0 Å². The summed E-state index contributed by atoms with van der Waals surface area (Å²) in [5.41, 5.74) is 0.0372. The zero-order valence-electron chi connectivity index (χ0n) is 8.13. The Labute approximate surface area is 85.2 Å². The summed E-state index contributed by atoms with van der Waals surface area (Å²) in [6.45, 7) is 1.64. The number of nitrogens with zero attached hydrogens (tertiary/aromatic N) is 2. The second kappa shape index (κ2) is 5.08. The predicted octanol–water partition coefficient (Wildman–Crippen LogP) is 0.670. The van der Waals surface area contributed by atoms with Gasteiger partial charge in [-0.2, -0.15) is 0 Å². The summed E-state index contributed by atoms with van der Waals surface area (Å²) in [7, 11) is 0. The zero-order valence-corrected chi connectivity index (χ0v) is 8.13. The SMILES string of the molecule is CCOC(=O)c1coc(CC[N+](=O)[O-])n1. The number of hydrogen-bond acceptors (Lipinski definition) is 6. The van der Waals surface area contributed by atoms with Gasteiger partial charge in [0.2, 0.25) is 12.4 Å². The zero-order chi connectivity index (χ0) is 11.3. The highest BCUT2D eigenvalue weighted by Crippen LogP contribution is 2.04. The number of hydrogen-bond donors (Lipinski definition) is 0. The molecule has 15 heavy (non-hydrogen) atoms. The van der Waals surface area contributed by atoms with E-state index in [9.17, 15) is 14.9 Å². The van der Waals surface area contributed by atoms with Crippen LogP contribution in [0.15, 0.2) is 10.7 Å². The lowest BCUT2D eigenvalue weighted by Crippen LogP contribution is -2.07. The average Bonchev–Trinajstić information content (AvgIpc) is 2.63. The van der Waals surface area contributed by atoms with E-state index in [-0.39, 0.29) is 31.2 Å². The number of carbonyl (C=O) groups excluding carboxylic acids is 1. The molecule has 0 aliphatic rings. The molecule has 0 aliphatic heterocycles. The van der Waals surface area contributed by atoms with E-state index >= 15 is 0 Å². The fourth-order valence-corrected chi connectivity index (χ4v) is 0.911. The number of esters is 1. The van der Waals surface area contributed by atoms with Crippen LogP contribution >= 0.6 is 0 Å². The van der Waals surface area contributed by atoms with Gasteiger partial charge < -0.3 is 9.15 Å². The lowest BCUT2D eigenvalue weighted by molar-refractivity contribution is -0.479. The standard InChI is InChI=1S/C8H10N2O5/c1-2-14-8(11)6-5-15-7(9-6)3-4-10(12)13/h5H,2-4H2,1H3. The molecule has 0 atom stereocenters. The normalized spacial score (nSPS) is 9.93. The quantitative estimate of drug-likeness (QED) is 0.406. The third-order valence-electron chi connectivity index (χ3n) is 1.54. The molecule has 0 saturated heterocycles. The number of nitro groups is 1. The Bertz CT molecular complexity index is 360. The smallest absolute Gasteiger partial charge is 0.360 e. The number of aromatic nitrogens is 1. The first kappa shape index (κ1) is 11.2. The minimum atomic E-state index is -0.589. The van der Waals surface area contributed by atoms with E-state index in [1.807, 2.05) is 0 Å². The molecule has 0 fully saturated rings. The largest absolute Gasteiger partial charge is 0.461 e. The summed E-state index contributed by atoms with van der Waals surface area (Å²) in [6.07, 6.45) is 1.19. The second-order valence-electron chi connectivity index (χ2n) is 2.65. The van der Waals surface area contributed by atoms with E-state index in [0.29, 0.717) is 0 Å². The molecule has 0 saturated carbocycles. The van der Waals surface area contributed by atoms with Gasteiger partial charge in [0.1, 0.15) is 6.26 Å². The predicted molar refractivity (Wildman–Crippen MR) is 48.0 cm³/mol. The summed E-state index contributed by atoms with van der Waals surface area (Å²) < 4.78 is 9.54. The van der Waals surface area contributed by atoms with Crippen molar-refractivity contribution in [2.45, 2.75) is 13.3 Å². The summed E-state index contributed by atoms with van der Waals surface area (Å²) in [5, 5.41) is 10.1. The first-order valence-electron chi connectivity index (χ1n) is 4.36. The Morgan fingerprint density at radius 1 is 1.73 bits per heavy atom. The minimum absolute atomic E-state index is 0.0372. The van der Waals surface area contributed by atoms with Gasteiger partial charge in [0.25, 0.3) is 0 Å². The van der Waals surface area contributed by atoms with Gasteiger partial charge in [-0.05, 0) is 6.92 Å². The van der Waals surface area contributed by atoms with Crippen molar-refractivity contribution in [1.82, 2.24) is 4.98 Å². The van der Waals surface area contributed by atoms with Crippen molar-refractivity contribution in [1.29, 1.82) is 0 Å². The molecule has 1 aromatic heterocycles. The van der Waals surface area contributed by atoms with Crippen molar-refractivity contribution in [3.63, 3.8) is 0 Å². The van der Waals surface area contributed by atoms with Crippen molar-refractivity contribution in [2.75, 3.05) is 13.2 Å². The van der Waals surface area contributed by atoms with Crippen molar-refractivity contribution in [3.8, 4) is 0 Å². The fraction of sp³-hybridized carbons (Fsp3) is 0.500. The maximum Gasteiger partial charge on any atom is 0.360 e. The first-order valence-corrected chi connectivity index (χ1v) is 4.36. The Hall–Kier alpha value is -1.92. The molecule has 0 unspecified atom stereocenters. The molecular weight excluding hydrogens is 204 g/mol. The van der Waals surface area contributed by atoms with Crippen LogP contribution in [-0.4, -0.2) is 29.0 Å². The third kappa shape index (κ3) is 3.37. The van der Waals surface area contributed by atoms with E-state index < -0.39 is 10.9 Å². The number of rotatable bonds is 5. The summed E-state index contributed by atoms with van der Waals surface area (Å²) in [4.78, 5) is 24.5. The molecule has 0 aliphatic carbocycles. The molecule has 0 N–H and O–H groups in total. The molecule has 82 valence electrons. The van der Waals surface area contributed by atoms with E-state index in [1.165, 1.54) is 0 Å². The summed E-state index contributed by atoms with van der Waals surface area (Å²) in [5.74, 6) is -0.427. The number of ether oxygens (including phenoxy) is 1. The molecule has 0 amide bonds. The van der Waals surface area contributed by atoms with Crippen LogP contribution in [0.3, 0.4) is 0 Å². The molecule has 7 nitrogen and oxygen atoms in total. The lowest BCUT2D eigenvalue weighted by Gasteiger charge is -1.94. The van der Waals surface area contributed by atoms with Crippen LogP contribution in [0.1, 0.15) is 23.3 Å². The Kier molecular flexibility index (Phi) is 3.78. The van der Waals surface area contributed by atoms with Crippen LogP contribution in [0.4, 0.5) is 0 Å². The van der Waals surface area contributed by atoms with Crippen LogP contribution < -0.4 is 0 Å². The van der Waals surface area contributed by atoms with E-state index in [2.05, 4.69) is 9.72 Å². The van der Waals surface area contributed by atoms with Crippen molar-refractivity contribution in [2.24, 2.45) is 0 Å². The van der Waals surface area contributed by atoms with E-state index in [1.54, 1.807) is 6.92 Å². The van der Waals surface area contributed by atoms with Gasteiger partial charge in [0, 0.05) is 4.92 Å². The molecule has 0 radical (unpaired) electrons. The highest BCUT2D eigenvalue weighted by Gasteiger charge is 2.13. The second-order valence-corrected chi connectivity index (χ2v) is 2.65. The lowest BCUT2D eigenvalue weighted by atomic mass is 10.4. The van der Waals surface area contributed by atoms with Crippen molar-refractivity contribution >= 4 is 5.97 Å². The molecule has 1 rings (SSSR count). The first-order chi connectivity index (χ1) is 7.13. The van der Waals surface area contributed by atoms with Gasteiger partial charge in [0.15, 0.2) is 5.69 Å². The topological polar surface area (TPSA) is 95.5 Å². The third-order valence-corrected chi connectivity index (χ3v) is 1.54. The molecular formula is C8H10N2O5. The van der Waals surface area contributed by atoms with Gasteiger partial charge in [0.05, 0.1) is 13.0 Å². The fourth-order valence-electron chi connectivity index (χ4n) is 0.911. The number of carbonyl (C=O) groups is 1. The van der Waals surface area contributed by atoms with E-state index in [4.69, 9.17) is 4.42 Å². The van der Waals surface area contributed by atoms with Gasteiger partial charge in [-0.3, -0.25) is 10.1 Å². The van der Waals surface area contributed by atoms with Gasteiger partial charge >= 0.3 is 5.97 Å². The Balaban J connectivity index is 2.56. The van der Waals surface area contributed by atoms with Gasteiger partial charge in [-0.1, -0.05) is 0 Å². The summed E-state index contributed by atoms with van der Waals surface area (Å²) in [6, 6.07) is 0.